The van der Waals surface area contributed by atoms with Gasteiger partial charge in [-0.3, -0.25) is 4.79 Å². The molecule has 1 N–H and O–H groups in total. The van der Waals surface area contributed by atoms with Gasteiger partial charge >= 0.3 is 18.2 Å². The van der Waals surface area contributed by atoms with E-state index in [0.717, 1.165) is 0 Å². The summed E-state index contributed by atoms with van der Waals surface area (Å²) < 4.78 is 45.0. The molecular weight excluding hydrogens is 303 g/mol. The lowest BCUT2D eigenvalue weighted by molar-refractivity contribution is -0.186. The van der Waals surface area contributed by atoms with Crippen LogP contribution in [0.4, 0.5) is 18.0 Å². The lowest BCUT2D eigenvalue weighted by atomic mass is 10.0. The van der Waals surface area contributed by atoms with Gasteiger partial charge < -0.3 is 14.8 Å². The third kappa shape index (κ3) is 7.90. The molecule has 0 aliphatic heterocycles. The molecule has 126 valence electrons. The molecule has 0 aromatic heterocycles. The fourth-order valence-corrected chi connectivity index (χ4v) is 1.93. The highest BCUT2D eigenvalue weighted by atomic mass is 19.4. The van der Waals surface area contributed by atoms with Gasteiger partial charge in [-0.15, -0.1) is 0 Å². The summed E-state index contributed by atoms with van der Waals surface area (Å²) in [6.45, 7) is 3.62. The summed E-state index contributed by atoms with van der Waals surface area (Å²) in [6, 6.07) is -0.310. The smallest absolute Gasteiger partial charge is 0.422 e. The van der Waals surface area contributed by atoms with Crippen LogP contribution in [0.5, 0.6) is 0 Å². The number of amides is 1. The second kappa shape index (κ2) is 7.02. The standard InChI is InChI=1S/C14H20F3NO4/c1-13(2,3)22-12(20)18-10-5-4-9(6-10)7-11(19)21-8-14(15,16)17/h4-5,9-10H,6-8H2,1-3H3,(H,18,20)/t9-,10-/m0/s1. The van der Waals surface area contributed by atoms with Crippen LogP contribution >= 0.6 is 0 Å². The molecule has 0 bridgehead atoms. The molecule has 1 aliphatic carbocycles. The molecule has 0 unspecified atom stereocenters. The Bertz CT molecular complexity index is 440. The molecule has 1 aliphatic rings. The number of alkyl halides is 3. The van der Waals surface area contributed by atoms with Crippen molar-refractivity contribution in [3.63, 3.8) is 0 Å². The summed E-state index contributed by atoms with van der Waals surface area (Å²) >= 11 is 0. The van der Waals surface area contributed by atoms with E-state index in [4.69, 9.17) is 4.74 Å². The lowest BCUT2D eigenvalue weighted by Gasteiger charge is -2.21. The molecular formula is C14H20F3NO4. The van der Waals surface area contributed by atoms with Gasteiger partial charge in [0.25, 0.3) is 0 Å². The van der Waals surface area contributed by atoms with Crippen LogP contribution in [0.3, 0.4) is 0 Å². The maximum atomic E-state index is 11.9. The molecule has 5 nitrogen and oxygen atoms in total. The summed E-state index contributed by atoms with van der Waals surface area (Å²) in [6.07, 6.45) is -1.48. The minimum atomic E-state index is -4.53. The van der Waals surface area contributed by atoms with E-state index >= 15 is 0 Å². The van der Waals surface area contributed by atoms with Crippen LogP contribution in [0.2, 0.25) is 0 Å². The topological polar surface area (TPSA) is 64.6 Å². The van der Waals surface area contributed by atoms with E-state index in [0.29, 0.717) is 6.42 Å². The number of hydrogen-bond donors (Lipinski definition) is 1. The number of carbonyl (C=O) groups is 2. The first-order valence-corrected chi connectivity index (χ1v) is 6.85. The number of ether oxygens (including phenoxy) is 2. The highest BCUT2D eigenvalue weighted by Crippen LogP contribution is 2.23. The molecule has 0 radical (unpaired) electrons. The molecule has 2 atom stereocenters. The van der Waals surface area contributed by atoms with E-state index in [-0.39, 0.29) is 18.4 Å². The number of allylic oxidation sites excluding steroid dienone is 1. The van der Waals surface area contributed by atoms with Crippen molar-refractivity contribution in [3.8, 4) is 0 Å². The van der Waals surface area contributed by atoms with Crippen LogP contribution in [0, 0.1) is 5.92 Å². The summed E-state index contributed by atoms with van der Waals surface area (Å²) in [5.41, 5.74) is -0.618. The Kier molecular flexibility index (Phi) is 5.85. The van der Waals surface area contributed by atoms with Crippen molar-refractivity contribution in [3.05, 3.63) is 12.2 Å². The van der Waals surface area contributed by atoms with E-state index in [2.05, 4.69) is 10.1 Å². The number of halogens is 3. The number of alkyl carbamates (subject to hydrolysis) is 1. The molecule has 0 saturated carbocycles. The average Bonchev–Trinajstić information content (AvgIpc) is 2.70. The Balaban J connectivity index is 2.30. The van der Waals surface area contributed by atoms with Gasteiger partial charge in [0.15, 0.2) is 6.61 Å². The third-order valence-corrected chi connectivity index (χ3v) is 2.70. The van der Waals surface area contributed by atoms with Gasteiger partial charge in [0.05, 0.1) is 12.5 Å². The van der Waals surface area contributed by atoms with E-state index in [1.165, 1.54) is 0 Å². The molecule has 0 aromatic carbocycles. The number of rotatable bonds is 4. The van der Waals surface area contributed by atoms with Gasteiger partial charge in [0.1, 0.15) is 5.60 Å². The molecule has 0 saturated heterocycles. The normalized spacial score (nSPS) is 21.5. The zero-order chi connectivity index (χ0) is 17.0. The molecule has 8 heteroatoms. The lowest BCUT2D eigenvalue weighted by Crippen LogP contribution is -2.37. The van der Waals surface area contributed by atoms with Crippen molar-refractivity contribution in [2.45, 2.75) is 51.4 Å². The van der Waals surface area contributed by atoms with Crippen molar-refractivity contribution in [2.24, 2.45) is 5.92 Å². The molecule has 0 fully saturated rings. The predicted molar refractivity (Wildman–Crippen MR) is 72.0 cm³/mol. The van der Waals surface area contributed by atoms with Gasteiger partial charge in [-0.2, -0.15) is 13.2 Å². The van der Waals surface area contributed by atoms with Crippen molar-refractivity contribution in [2.75, 3.05) is 6.61 Å². The van der Waals surface area contributed by atoms with Gasteiger partial charge in [0.2, 0.25) is 0 Å². The second-order valence-electron chi connectivity index (χ2n) is 6.11. The summed E-state index contributed by atoms with van der Waals surface area (Å²) in [5, 5.41) is 2.61. The first-order valence-electron chi connectivity index (χ1n) is 6.85. The molecule has 1 amide bonds. The van der Waals surface area contributed by atoms with Gasteiger partial charge in [-0.25, -0.2) is 4.79 Å². The van der Waals surface area contributed by atoms with Gasteiger partial charge in [-0.1, -0.05) is 12.2 Å². The molecule has 1 rings (SSSR count). The van der Waals surface area contributed by atoms with Crippen LogP contribution in [-0.2, 0) is 14.3 Å². The third-order valence-electron chi connectivity index (χ3n) is 2.70. The summed E-state index contributed by atoms with van der Waals surface area (Å²) in [7, 11) is 0. The first-order chi connectivity index (χ1) is 9.94. The first kappa shape index (κ1) is 18.3. The van der Waals surface area contributed by atoms with Crippen molar-refractivity contribution < 1.29 is 32.2 Å². The summed E-state index contributed by atoms with van der Waals surface area (Å²) in [4.78, 5) is 22.9. The van der Waals surface area contributed by atoms with Crippen LogP contribution in [0.25, 0.3) is 0 Å². The van der Waals surface area contributed by atoms with Gasteiger partial charge in [-0.05, 0) is 33.1 Å². The fraction of sp³-hybridized carbons (Fsp3) is 0.714. The Morgan fingerprint density at radius 1 is 1.23 bits per heavy atom. The van der Waals surface area contributed by atoms with Crippen molar-refractivity contribution in [1.29, 1.82) is 0 Å². The Hall–Kier alpha value is -1.73. The highest BCUT2D eigenvalue weighted by Gasteiger charge is 2.31. The molecule has 22 heavy (non-hydrogen) atoms. The molecule has 0 spiro atoms. The Labute approximate surface area is 126 Å². The SMILES string of the molecule is CC(C)(C)OC(=O)N[C@H]1C=C[C@H](CC(=O)OCC(F)(F)F)C1. The van der Waals surface area contributed by atoms with Crippen molar-refractivity contribution >= 4 is 12.1 Å². The Morgan fingerprint density at radius 2 is 1.86 bits per heavy atom. The fourth-order valence-electron chi connectivity index (χ4n) is 1.93. The minimum absolute atomic E-state index is 0.154. The number of hydrogen-bond acceptors (Lipinski definition) is 4. The van der Waals surface area contributed by atoms with Crippen LogP contribution < -0.4 is 5.32 Å². The monoisotopic (exact) mass is 323 g/mol. The van der Waals surface area contributed by atoms with Crippen molar-refractivity contribution in [1.82, 2.24) is 5.32 Å². The van der Waals surface area contributed by atoms with Crippen LogP contribution in [0.1, 0.15) is 33.6 Å². The van der Waals surface area contributed by atoms with E-state index < -0.39 is 30.4 Å². The van der Waals surface area contributed by atoms with Crippen LogP contribution in [0.15, 0.2) is 12.2 Å². The molecule has 0 heterocycles. The molecule has 0 aromatic rings. The Morgan fingerprint density at radius 3 is 2.41 bits per heavy atom. The number of carbonyl (C=O) groups excluding carboxylic acids is 2. The largest absolute Gasteiger partial charge is 0.456 e. The quantitative estimate of drug-likeness (QED) is 0.638. The minimum Gasteiger partial charge on any atom is -0.456 e. The van der Waals surface area contributed by atoms with E-state index in [9.17, 15) is 22.8 Å². The maximum absolute atomic E-state index is 11.9. The average molecular weight is 323 g/mol. The van der Waals surface area contributed by atoms with Crippen LogP contribution in [-0.4, -0.2) is 36.5 Å². The predicted octanol–water partition coefficient (Wildman–Crippen LogP) is 2.95. The second-order valence-corrected chi connectivity index (χ2v) is 6.11. The summed E-state index contributed by atoms with van der Waals surface area (Å²) in [5.74, 6) is -1.18. The van der Waals surface area contributed by atoms with E-state index in [1.54, 1.807) is 32.9 Å². The number of nitrogens with one attached hydrogen (secondary N) is 1. The zero-order valence-corrected chi connectivity index (χ0v) is 12.7. The maximum Gasteiger partial charge on any atom is 0.422 e. The zero-order valence-electron chi connectivity index (χ0n) is 12.7. The van der Waals surface area contributed by atoms with Gasteiger partial charge in [0, 0.05) is 0 Å². The highest BCUT2D eigenvalue weighted by molar-refractivity contribution is 5.70. The number of esters is 1. The van der Waals surface area contributed by atoms with E-state index in [1.807, 2.05) is 0 Å².